The van der Waals surface area contributed by atoms with Gasteiger partial charge < -0.3 is 9.88 Å². The van der Waals surface area contributed by atoms with Crippen LogP contribution in [0.4, 0.5) is 0 Å². The van der Waals surface area contributed by atoms with E-state index in [-0.39, 0.29) is 11.9 Å². The molecule has 2 aromatic heterocycles. The van der Waals surface area contributed by atoms with Gasteiger partial charge in [0.1, 0.15) is 5.82 Å². The fraction of sp³-hybridized carbons (Fsp3) is 0.346. The number of benzene rings is 2. The van der Waals surface area contributed by atoms with Gasteiger partial charge in [-0.05, 0) is 36.4 Å². The van der Waals surface area contributed by atoms with Crippen molar-refractivity contribution in [2.45, 2.75) is 45.3 Å². The average Bonchev–Trinajstić information content (AvgIpc) is 3.38. The van der Waals surface area contributed by atoms with E-state index < -0.39 is 0 Å². The van der Waals surface area contributed by atoms with E-state index in [0.717, 1.165) is 50.7 Å². The monoisotopic (exact) mass is 459 g/mol. The predicted octanol–water partition coefficient (Wildman–Crippen LogP) is 4.36. The zero-order valence-corrected chi connectivity index (χ0v) is 19.7. The Kier molecular flexibility index (Phi) is 6.51. The lowest BCUT2D eigenvalue weighted by atomic mass is 10.1. The minimum atomic E-state index is -0.163. The summed E-state index contributed by atoms with van der Waals surface area (Å²) in [6.07, 6.45) is 2.08. The van der Waals surface area contributed by atoms with Crippen LogP contribution in [-0.4, -0.2) is 38.7 Å². The Morgan fingerprint density at radius 3 is 2.73 bits per heavy atom. The number of hydrogen-bond acceptors (Lipinski definition) is 5. The number of carbonyl (C=O) groups excluding carboxylic acids is 1. The number of nitrogens with one attached hydrogen (secondary N) is 1. The highest BCUT2D eigenvalue weighted by atomic mass is 32.1. The third-order valence-electron chi connectivity index (χ3n) is 6.25. The topological polar surface area (TPSA) is 63.1 Å². The van der Waals surface area contributed by atoms with Gasteiger partial charge in [0.05, 0.1) is 6.04 Å². The Morgan fingerprint density at radius 2 is 1.88 bits per heavy atom. The van der Waals surface area contributed by atoms with Crippen LogP contribution in [0.25, 0.3) is 10.1 Å². The molecule has 170 valence electrons. The molecule has 1 aliphatic rings. The molecule has 0 aliphatic carbocycles. The number of aromatic nitrogens is 3. The van der Waals surface area contributed by atoms with Gasteiger partial charge in [-0.2, -0.15) is 0 Å². The van der Waals surface area contributed by atoms with Gasteiger partial charge in [0.2, 0.25) is 5.91 Å². The second-order valence-electron chi connectivity index (χ2n) is 8.68. The van der Waals surface area contributed by atoms with Crippen molar-refractivity contribution in [3.8, 4) is 0 Å². The van der Waals surface area contributed by atoms with Crippen LogP contribution in [0.1, 0.15) is 41.5 Å². The number of nitrogens with zero attached hydrogens (tertiary/aromatic N) is 4. The number of fused-ring (bicyclic) bond motifs is 2. The van der Waals surface area contributed by atoms with Crippen LogP contribution >= 0.6 is 11.3 Å². The van der Waals surface area contributed by atoms with Crippen LogP contribution in [0.2, 0.25) is 0 Å². The summed E-state index contributed by atoms with van der Waals surface area (Å²) >= 11 is 1.88. The van der Waals surface area contributed by atoms with Crippen LogP contribution in [0.5, 0.6) is 0 Å². The average molecular weight is 460 g/mol. The molecule has 1 amide bonds. The van der Waals surface area contributed by atoms with E-state index in [0.29, 0.717) is 6.42 Å². The van der Waals surface area contributed by atoms with Gasteiger partial charge in [0, 0.05) is 48.6 Å². The molecule has 7 heteroatoms. The summed E-state index contributed by atoms with van der Waals surface area (Å²) in [6.45, 7) is 5.70. The highest BCUT2D eigenvalue weighted by molar-refractivity contribution is 7.19. The van der Waals surface area contributed by atoms with Crippen molar-refractivity contribution >= 4 is 27.3 Å². The largest absolute Gasteiger partial charge is 0.346 e. The Labute approximate surface area is 198 Å². The SMILES string of the molecule is CC(NC(=O)CCc1ccccc1)c1nnc2n1CCN(Cc1cc3ccccc3s1)CC2. The van der Waals surface area contributed by atoms with Crippen molar-refractivity contribution in [1.29, 1.82) is 0 Å². The first kappa shape index (κ1) is 21.8. The van der Waals surface area contributed by atoms with Crippen LogP contribution in [0.15, 0.2) is 60.7 Å². The Balaban J connectivity index is 1.18. The molecule has 1 aliphatic heterocycles. The second kappa shape index (κ2) is 9.85. The molecule has 0 radical (unpaired) electrons. The molecule has 3 heterocycles. The molecule has 33 heavy (non-hydrogen) atoms. The lowest BCUT2D eigenvalue weighted by molar-refractivity contribution is -0.121. The Bertz CT molecular complexity index is 1200. The summed E-state index contributed by atoms with van der Waals surface area (Å²) < 4.78 is 3.55. The second-order valence-corrected chi connectivity index (χ2v) is 9.85. The normalized spacial score (nSPS) is 15.2. The molecule has 0 saturated heterocycles. The standard InChI is InChI=1S/C26H29N5OS/c1-19(27-25(32)12-11-20-7-3-2-4-8-20)26-29-28-24-13-14-30(15-16-31(24)26)18-22-17-21-9-5-6-10-23(21)33-22/h2-10,17,19H,11-16,18H2,1H3,(H,27,32). The number of hydrogen-bond donors (Lipinski definition) is 1. The molecule has 6 nitrogen and oxygen atoms in total. The van der Waals surface area contributed by atoms with Crippen molar-refractivity contribution < 1.29 is 4.79 Å². The molecule has 4 aromatic rings. The predicted molar refractivity (Wildman–Crippen MR) is 132 cm³/mol. The summed E-state index contributed by atoms with van der Waals surface area (Å²) in [7, 11) is 0. The van der Waals surface area contributed by atoms with Crippen molar-refractivity contribution in [2.24, 2.45) is 0 Å². The van der Waals surface area contributed by atoms with Crippen LogP contribution < -0.4 is 5.32 Å². The fourth-order valence-corrected chi connectivity index (χ4v) is 5.59. The molecule has 1 unspecified atom stereocenters. The molecule has 0 fully saturated rings. The first-order chi connectivity index (χ1) is 16.2. The minimum absolute atomic E-state index is 0.0451. The smallest absolute Gasteiger partial charge is 0.220 e. The van der Waals surface area contributed by atoms with Crippen LogP contribution in [-0.2, 0) is 30.7 Å². The lowest BCUT2D eigenvalue weighted by Crippen LogP contribution is -2.30. The van der Waals surface area contributed by atoms with E-state index in [9.17, 15) is 4.79 Å². The summed E-state index contributed by atoms with van der Waals surface area (Å²) in [5.41, 5.74) is 1.18. The minimum Gasteiger partial charge on any atom is -0.346 e. The molecule has 5 rings (SSSR count). The van der Waals surface area contributed by atoms with Gasteiger partial charge in [0.25, 0.3) is 0 Å². The van der Waals surface area contributed by atoms with Crippen molar-refractivity contribution in [1.82, 2.24) is 25.0 Å². The van der Waals surface area contributed by atoms with Gasteiger partial charge in [-0.1, -0.05) is 48.5 Å². The van der Waals surface area contributed by atoms with E-state index in [1.807, 2.05) is 36.5 Å². The molecular formula is C26H29N5OS. The summed E-state index contributed by atoms with van der Waals surface area (Å²) in [5.74, 6) is 1.90. The van der Waals surface area contributed by atoms with Crippen LogP contribution in [0.3, 0.4) is 0 Å². The third kappa shape index (κ3) is 5.15. The van der Waals surface area contributed by atoms with E-state index >= 15 is 0 Å². The summed E-state index contributed by atoms with van der Waals surface area (Å²) in [5, 5.41) is 13.3. The molecule has 0 bridgehead atoms. The highest BCUT2D eigenvalue weighted by Gasteiger charge is 2.23. The number of carbonyl (C=O) groups is 1. The molecule has 1 N–H and O–H groups in total. The van der Waals surface area contributed by atoms with Crippen molar-refractivity contribution in [3.05, 3.63) is 82.8 Å². The first-order valence-corrected chi connectivity index (χ1v) is 12.4. The van der Waals surface area contributed by atoms with Gasteiger partial charge in [-0.3, -0.25) is 9.69 Å². The van der Waals surface area contributed by atoms with Crippen molar-refractivity contribution in [2.75, 3.05) is 13.1 Å². The Morgan fingerprint density at radius 1 is 1.06 bits per heavy atom. The maximum absolute atomic E-state index is 12.5. The number of rotatable bonds is 7. The molecule has 0 spiro atoms. The molecule has 2 aromatic carbocycles. The third-order valence-corrected chi connectivity index (χ3v) is 7.35. The summed E-state index contributed by atoms with van der Waals surface area (Å²) in [6, 6.07) is 20.8. The van der Waals surface area contributed by atoms with Crippen LogP contribution in [0, 0.1) is 0 Å². The van der Waals surface area contributed by atoms with Gasteiger partial charge in [0.15, 0.2) is 5.82 Å². The van der Waals surface area contributed by atoms with Gasteiger partial charge >= 0.3 is 0 Å². The molecule has 0 saturated carbocycles. The zero-order valence-electron chi connectivity index (χ0n) is 18.9. The molecular weight excluding hydrogens is 430 g/mol. The quantitative estimate of drug-likeness (QED) is 0.446. The van der Waals surface area contributed by atoms with E-state index in [1.54, 1.807) is 0 Å². The summed E-state index contributed by atoms with van der Waals surface area (Å²) in [4.78, 5) is 16.4. The zero-order chi connectivity index (χ0) is 22.6. The number of amides is 1. The Hall–Kier alpha value is -3.03. The number of thiophene rings is 1. The van der Waals surface area contributed by atoms with E-state index in [1.165, 1.54) is 20.5 Å². The first-order valence-electron chi connectivity index (χ1n) is 11.6. The van der Waals surface area contributed by atoms with E-state index in [4.69, 9.17) is 0 Å². The highest BCUT2D eigenvalue weighted by Crippen LogP contribution is 2.27. The van der Waals surface area contributed by atoms with Crippen molar-refractivity contribution in [3.63, 3.8) is 0 Å². The lowest BCUT2D eigenvalue weighted by Gasteiger charge is -2.19. The maximum Gasteiger partial charge on any atom is 0.220 e. The fourth-order valence-electron chi connectivity index (χ4n) is 4.48. The van der Waals surface area contributed by atoms with E-state index in [2.05, 4.69) is 67.4 Å². The maximum atomic E-state index is 12.5. The molecule has 1 atom stereocenters. The van der Waals surface area contributed by atoms with Gasteiger partial charge in [-0.25, -0.2) is 0 Å². The van der Waals surface area contributed by atoms with Gasteiger partial charge in [-0.15, -0.1) is 21.5 Å². The number of aryl methyl sites for hydroxylation is 1.